The highest BCUT2D eigenvalue weighted by molar-refractivity contribution is 7.80. The summed E-state index contributed by atoms with van der Waals surface area (Å²) in [5, 5.41) is 9.34. The average Bonchev–Trinajstić information content (AvgIpc) is 2.01. The normalized spacial score (nSPS) is 25.6. The zero-order valence-electron chi connectivity index (χ0n) is 7.20. The molecule has 1 unspecified atom stereocenters. The molecule has 1 aliphatic rings. The lowest BCUT2D eigenvalue weighted by molar-refractivity contribution is 0.0723. The van der Waals surface area contributed by atoms with Gasteiger partial charge in [0.1, 0.15) is 0 Å². The Morgan fingerprint density at radius 2 is 2.42 bits per heavy atom. The molecule has 0 aromatic rings. The molecule has 0 aromatic heterocycles. The van der Waals surface area contributed by atoms with Crippen LogP contribution in [-0.2, 0) is 0 Å². The molecule has 3 nitrogen and oxygen atoms in total. The van der Waals surface area contributed by atoms with Crippen LogP contribution >= 0.6 is 12.2 Å². The van der Waals surface area contributed by atoms with Crippen molar-refractivity contribution in [1.82, 2.24) is 4.90 Å². The number of hydrogen-bond acceptors (Lipinski definition) is 3. The number of thiocarbonyl (C=S) groups is 1. The number of aliphatic hydroxyl groups excluding tert-OH is 1. The summed E-state index contributed by atoms with van der Waals surface area (Å²) in [5.74, 6) is 0. The van der Waals surface area contributed by atoms with Gasteiger partial charge in [0.25, 0.3) is 0 Å². The maximum Gasteiger partial charge on any atom is 0.0740 e. The Labute approximate surface area is 78.5 Å². The van der Waals surface area contributed by atoms with Gasteiger partial charge in [0.05, 0.1) is 11.1 Å². The fourth-order valence-corrected chi connectivity index (χ4v) is 1.59. The molecule has 1 fully saturated rings. The van der Waals surface area contributed by atoms with Gasteiger partial charge in [0, 0.05) is 19.5 Å². The molecule has 1 aliphatic heterocycles. The highest BCUT2D eigenvalue weighted by Crippen LogP contribution is 2.09. The minimum Gasteiger partial charge on any atom is -0.393 e. The number of piperidine rings is 1. The lowest BCUT2D eigenvalue weighted by Gasteiger charge is -2.29. The number of hydrogen-bond donors (Lipinski definition) is 2. The predicted octanol–water partition coefficient (Wildman–Crippen LogP) is 0.119. The molecule has 0 aromatic carbocycles. The highest BCUT2D eigenvalue weighted by atomic mass is 32.1. The summed E-state index contributed by atoms with van der Waals surface area (Å²) in [5.41, 5.74) is 5.39. The molecule has 1 atom stereocenters. The lowest BCUT2D eigenvalue weighted by Crippen LogP contribution is -2.39. The number of nitrogens with zero attached hydrogens (tertiary/aromatic N) is 1. The molecule has 0 amide bonds. The van der Waals surface area contributed by atoms with Crippen LogP contribution in [0, 0.1) is 0 Å². The summed E-state index contributed by atoms with van der Waals surface area (Å²) in [7, 11) is 0. The summed E-state index contributed by atoms with van der Waals surface area (Å²) < 4.78 is 0. The standard InChI is InChI=1S/C8H16N2OS/c9-8(12)3-5-10-4-1-2-7(11)6-10/h7,11H,1-6H2,(H2,9,12). The quantitative estimate of drug-likeness (QED) is 0.618. The summed E-state index contributed by atoms with van der Waals surface area (Å²) in [6.45, 7) is 2.74. The second-order valence-electron chi connectivity index (χ2n) is 3.31. The first-order valence-corrected chi connectivity index (χ1v) is 4.78. The third-order valence-corrected chi connectivity index (χ3v) is 2.36. The fourth-order valence-electron chi connectivity index (χ4n) is 1.50. The van der Waals surface area contributed by atoms with Gasteiger partial charge in [-0.2, -0.15) is 0 Å². The molecule has 1 rings (SSSR count). The molecule has 70 valence electrons. The van der Waals surface area contributed by atoms with Gasteiger partial charge in [-0.15, -0.1) is 0 Å². The van der Waals surface area contributed by atoms with Gasteiger partial charge in [-0.05, 0) is 19.4 Å². The average molecular weight is 188 g/mol. The Morgan fingerprint density at radius 1 is 1.67 bits per heavy atom. The van der Waals surface area contributed by atoms with Gasteiger partial charge >= 0.3 is 0 Å². The largest absolute Gasteiger partial charge is 0.393 e. The Hall–Kier alpha value is -0.190. The van der Waals surface area contributed by atoms with Crippen LogP contribution in [0.1, 0.15) is 19.3 Å². The van der Waals surface area contributed by atoms with Crippen molar-refractivity contribution in [3.05, 3.63) is 0 Å². The Balaban J connectivity index is 2.18. The molecule has 0 saturated carbocycles. The fraction of sp³-hybridized carbons (Fsp3) is 0.875. The zero-order valence-corrected chi connectivity index (χ0v) is 8.02. The van der Waals surface area contributed by atoms with Crippen molar-refractivity contribution in [3.63, 3.8) is 0 Å². The molecule has 0 spiro atoms. The van der Waals surface area contributed by atoms with Crippen LogP contribution in [0.5, 0.6) is 0 Å². The van der Waals surface area contributed by atoms with Gasteiger partial charge in [-0.25, -0.2) is 0 Å². The Morgan fingerprint density at radius 3 is 3.00 bits per heavy atom. The van der Waals surface area contributed by atoms with E-state index in [2.05, 4.69) is 4.90 Å². The van der Waals surface area contributed by atoms with Crippen LogP contribution in [0.3, 0.4) is 0 Å². The van der Waals surface area contributed by atoms with E-state index in [1.165, 1.54) is 0 Å². The summed E-state index contributed by atoms with van der Waals surface area (Å²) in [6, 6.07) is 0. The SMILES string of the molecule is NC(=S)CCN1CCCC(O)C1. The van der Waals surface area contributed by atoms with Crippen molar-refractivity contribution in [2.24, 2.45) is 5.73 Å². The van der Waals surface area contributed by atoms with E-state index in [0.717, 1.165) is 38.9 Å². The summed E-state index contributed by atoms with van der Waals surface area (Å²) >= 11 is 4.78. The van der Waals surface area contributed by atoms with Crippen molar-refractivity contribution in [2.45, 2.75) is 25.4 Å². The van der Waals surface area contributed by atoms with Crippen molar-refractivity contribution in [1.29, 1.82) is 0 Å². The van der Waals surface area contributed by atoms with Gasteiger partial charge in [-0.1, -0.05) is 12.2 Å². The first kappa shape index (κ1) is 9.89. The van der Waals surface area contributed by atoms with Crippen molar-refractivity contribution < 1.29 is 5.11 Å². The third-order valence-electron chi connectivity index (χ3n) is 2.16. The molecule has 0 radical (unpaired) electrons. The van der Waals surface area contributed by atoms with E-state index in [-0.39, 0.29) is 6.10 Å². The van der Waals surface area contributed by atoms with E-state index in [1.54, 1.807) is 0 Å². The smallest absolute Gasteiger partial charge is 0.0740 e. The van der Waals surface area contributed by atoms with E-state index in [4.69, 9.17) is 18.0 Å². The van der Waals surface area contributed by atoms with Gasteiger partial charge in [0.15, 0.2) is 0 Å². The predicted molar refractivity (Wildman–Crippen MR) is 53.1 cm³/mol. The molecule has 0 aliphatic carbocycles. The molecule has 3 N–H and O–H groups in total. The summed E-state index contributed by atoms with van der Waals surface area (Å²) in [4.78, 5) is 2.78. The second kappa shape index (κ2) is 4.74. The topological polar surface area (TPSA) is 49.5 Å². The number of aliphatic hydroxyl groups is 1. The minimum absolute atomic E-state index is 0.148. The van der Waals surface area contributed by atoms with E-state index in [0.29, 0.717) is 4.99 Å². The lowest BCUT2D eigenvalue weighted by atomic mass is 10.1. The van der Waals surface area contributed by atoms with Crippen molar-refractivity contribution in [3.8, 4) is 0 Å². The number of β-amino-alcohol motifs (C(OH)–C–C–N with tert-alkyl or cyclic N) is 1. The minimum atomic E-state index is -0.148. The van der Waals surface area contributed by atoms with E-state index in [9.17, 15) is 5.11 Å². The molecule has 0 bridgehead atoms. The highest BCUT2D eigenvalue weighted by Gasteiger charge is 2.16. The first-order valence-electron chi connectivity index (χ1n) is 4.37. The van der Waals surface area contributed by atoms with Gasteiger partial charge in [0.2, 0.25) is 0 Å². The molecular formula is C8H16N2OS. The van der Waals surface area contributed by atoms with Crippen LogP contribution in [-0.4, -0.2) is 40.7 Å². The Kier molecular flexibility index (Phi) is 3.91. The van der Waals surface area contributed by atoms with E-state index >= 15 is 0 Å². The number of nitrogens with two attached hydrogens (primary N) is 1. The first-order chi connectivity index (χ1) is 5.68. The monoisotopic (exact) mass is 188 g/mol. The second-order valence-corrected chi connectivity index (χ2v) is 3.84. The van der Waals surface area contributed by atoms with Gasteiger partial charge < -0.3 is 15.7 Å². The van der Waals surface area contributed by atoms with Crippen molar-refractivity contribution in [2.75, 3.05) is 19.6 Å². The third kappa shape index (κ3) is 3.47. The van der Waals surface area contributed by atoms with Gasteiger partial charge in [-0.3, -0.25) is 0 Å². The zero-order chi connectivity index (χ0) is 8.97. The Bertz CT molecular complexity index is 163. The molecule has 1 saturated heterocycles. The maximum absolute atomic E-state index is 9.34. The molecular weight excluding hydrogens is 172 g/mol. The van der Waals surface area contributed by atoms with E-state index < -0.39 is 0 Å². The molecule has 1 heterocycles. The van der Waals surface area contributed by atoms with Crippen LogP contribution in [0.15, 0.2) is 0 Å². The van der Waals surface area contributed by atoms with Crippen LogP contribution in [0.25, 0.3) is 0 Å². The molecule has 12 heavy (non-hydrogen) atoms. The van der Waals surface area contributed by atoms with Crippen molar-refractivity contribution >= 4 is 17.2 Å². The van der Waals surface area contributed by atoms with Crippen LogP contribution in [0.2, 0.25) is 0 Å². The van der Waals surface area contributed by atoms with Crippen LogP contribution < -0.4 is 5.73 Å². The van der Waals surface area contributed by atoms with E-state index in [1.807, 2.05) is 0 Å². The number of rotatable bonds is 3. The molecule has 4 heteroatoms. The van der Waals surface area contributed by atoms with Crippen LogP contribution in [0.4, 0.5) is 0 Å². The summed E-state index contributed by atoms with van der Waals surface area (Å²) in [6.07, 6.45) is 2.63. The number of likely N-dealkylation sites (tertiary alicyclic amines) is 1. The maximum atomic E-state index is 9.34.